The maximum atomic E-state index is 2.64. The monoisotopic (exact) mass is 566 g/mol. The molecule has 3 atom stereocenters. The first-order chi connectivity index (χ1) is 21.8. The Morgan fingerprint density at radius 1 is 0.614 bits per heavy atom. The van der Waals surface area contributed by atoms with E-state index >= 15 is 0 Å². The van der Waals surface area contributed by atoms with E-state index in [9.17, 15) is 0 Å². The summed E-state index contributed by atoms with van der Waals surface area (Å²) < 4.78 is 2.46. The van der Waals surface area contributed by atoms with Crippen LogP contribution in [0.3, 0.4) is 0 Å². The molecule has 4 aromatic carbocycles. The van der Waals surface area contributed by atoms with Crippen LogP contribution in [0.5, 0.6) is 0 Å². The first-order valence-electron chi connectivity index (χ1n) is 15.9. The van der Waals surface area contributed by atoms with Crippen LogP contribution in [-0.2, 0) is 0 Å². The van der Waals surface area contributed by atoms with Gasteiger partial charge >= 0.3 is 0 Å². The third-order valence-electron chi connectivity index (χ3n) is 9.93. The molecule has 1 fully saturated rings. The highest BCUT2D eigenvalue weighted by molar-refractivity contribution is 5.90. The molecular formula is C42H34N2. The molecule has 1 aromatic heterocycles. The van der Waals surface area contributed by atoms with Crippen molar-refractivity contribution in [2.45, 2.75) is 31.3 Å². The number of anilines is 1. The smallest absolute Gasteiger partial charge is 0.0583 e. The van der Waals surface area contributed by atoms with Gasteiger partial charge in [0.15, 0.2) is 0 Å². The molecule has 3 unspecified atom stereocenters. The minimum atomic E-state index is 0.369. The van der Waals surface area contributed by atoms with Gasteiger partial charge in [0.1, 0.15) is 0 Å². The van der Waals surface area contributed by atoms with Crippen LogP contribution in [0, 0.1) is 5.92 Å². The number of aromatic nitrogens is 1. The van der Waals surface area contributed by atoms with E-state index in [1.165, 1.54) is 60.7 Å². The molecule has 44 heavy (non-hydrogen) atoms. The summed E-state index contributed by atoms with van der Waals surface area (Å²) in [5.74, 6) is 0.410. The summed E-state index contributed by atoms with van der Waals surface area (Å²) in [6, 6.07) is 38.5. The zero-order valence-corrected chi connectivity index (χ0v) is 24.7. The molecule has 0 amide bonds. The van der Waals surface area contributed by atoms with E-state index in [-0.39, 0.29) is 0 Å². The Kier molecular flexibility index (Phi) is 5.94. The van der Waals surface area contributed by atoms with Crippen molar-refractivity contribution in [2.24, 2.45) is 5.92 Å². The van der Waals surface area contributed by atoms with E-state index < -0.39 is 0 Å². The first-order valence-corrected chi connectivity index (χ1v) is 15.9. The molecule has 1 saturated heterocycles. The number of rotatable bonds is 4. The minimum Gasteiger partial charge on any atom is -0.357 e. The van der Waals surface area contributed by atoms with E-state index in [0.29, 0.717) is 18.0 Å². The molecule has 0 radical (unpaired) electrons. The second-order valence-corrected chi connectivity index (χ2v) is 12.3. The van der Waals surface area contributed by atoms with Crippen molar-refractivity contribution in [1.82, 2.24) is 4.57 Å². The topological polar surface area (TPSA) is 8.17 Å². The van der Waals surface area contributed by atoms with Gasteiger partial charge in [0, 0.05) is 33.2 Å². The Balaban J connectivity index is 1.12. The molecule has 0 N–H and O–H groups in total. The fourth-order valence-electron chi connectivity index (χ4n) is 7.92. The zero-order valence-electron chi connectivity index (χ0n) is 24.7. The third kappa shape index (κ3) is 4.02. The minimum absolute atomic E-state index is 0.369. The van der Waals surface area contributed by atoms with Crippen LogP contribution in [0.2, 0.25) is 0 Å². The summed E-state index contributed by atoms with van der Waals surface area (Å²) in [4.78, 5) is 2.64. The summed E-state index contributed by atoms with van der Waals surface area (Å²) in [5.41, 5.74) is 10.5. The second-order valence-electron chi connectivity index (χ2n) is 12.3. The van der Waals surface area contributed by atoms with Crippen molar-refractivity contribution in [3.05, 3.63) is 161 Å². The van der Waals surface area contributed by atoms with E-state index in [4.69, 9.17) is 0 Å². The van der Waals surface area contributed by atoms with Gasteiger partial charge in [0.2, 0.25) is 0 Å². The lowest BCUT2D eigenvalue weighted by Crippen LogP contribution is -2.37. The molecule has 212 valence electrons. The van der Waals surface area contributed by atoms with Crippen LogP contribution >= 0.6 is 0 Å². The molecule has 2 heterocycles. The Morgan fingerprint density at radius 3 is 2.18 bits per heavy atom. The van der Waals surface area contributed by atoms with Crippen molar-refractivity contribution in [3.63, 3.8) is 0 Å². The van der Waals surface area contributed by atoms with E-state index in [2.05, 4.69) is 161 Å². The Hall–Kier alpha value is -5.08. The van der Waals surface area contributed by atoms with Crippen molar-refractivity contribution >= 4 is 34.3 Å². The SMILES string of the molecule is C1=CC2C3=CC(c4ccc5c(c4)c4c(n5-c5ccc(-c6ccccc6)cc5)=CCCC=4)=CCC3N(c3ccccc3)C2C=C1. The maximum Gasteiger partial charge on any atom is 0.0583 e. The van der Waals surface area contributed by atoms with Crippen molar-refractivity contribution in [3.8, 4) is 16.8 Å². The molecule has 0 bridgehead atoms. The van der Waals surface area contributed by atoms with Crippen LogP contribution in [0.4, 0.5) is 5.69 Å². The number of hydrogen-bond donors (Lipinski definition) is 0. The average molecular weight is 567 g/mol. The predicted molar refractivity (Wildman–Crippen MR) is 185 cm³/mol. The highest BCUT2D eigenvalue weighted by Crippen LogP contribution is 2.46. The lowest BCUT2D eigenvalue weighted by Gasteiger charge is -2.32. The highest BCUT2D eigenvalue weighted by Gasteiger charge is 2.43. The third-order valence-corrected chi connectivity index (χ3v) is 9.93. The highest BCUT2D eigenvalue weighted by atomic mass is 15.2. The summed E-state index contributed by atoms with van der Waals surface area (Å²) in [6.07, 6.45) is 22.3. The van der Waals surface area contributed by atoms with Gasteiger partial charge in [-0.05, 0) is 83.5 Å². The van der Waals surface area contributed by atoms with Gasteiger partial charge in [-0.25, -0.2) is 0 Å². The molecule has 9 rings (SSSR count). The molecule has 3 aliphatic carbocycles. The number of hydrogen-bond acceptors (Lipinski definition) is 1. The molecule has 0 saturated carbocycles. The van der Waals surface area contributed by atoms with E-state index in [1.807, 2.05) is 0 Å². The van der Waals surface area contributed by atoms with Crippen LogP contribution in [-0.4, -0.2) is 16.7 Å². The molecule has 2 nitrogen and oxygen atoms in total. The predicted octanol–water partition coefficient (Wildman–Crippen LogP) is 8.37. The number of nitrogens with zero attached hydrogens (tertiary/aromatic N) is 2. The zero-order chi connectivity index (χ0) is 29.0. The molecular weight excluding hydrogens is 532 g/mol. The fourth-order valence-corrected chi connectivity index (χ4v) is 7.92. The summed E-state index contributed by atoms with van der Waals surface area (Å²) in [7, 11) is 0. The normalized spacial score (nSPS) is 21.5. The fraction of sp³-hybridized carbons (Fsp3) is 0.143. The first kappa shape index (κ1) is 25.4. The standard InChI is InChI=1S/C42H34N2/c1-3-11-29(12-4-1)30-19-23-34(24-20-30)44-40-18-10-8-16-36(40)38-28-32(22-26-42(38)44)31-21-25-41-37(27-31)35-15-7-9-17-39(35)43(41)33-13-5-2-6-14-33/h1-7,9,11-24,26-28,35,39,41H,8,10,25H2. The summed E-state index contributed by atoms with van der Waals surface area (Å²) >= 11 is 0. The van der Waals surface area contributed by atoms with Crippen molar-refractivity contribution < 1.29 is 0 Å². The number of benzene rings is 4. The summed E-state index contributed by atoms with van der Waals surface area (Å²) in [5, 5.41) is 4.04. The van der Waals surface area contributed by atoms with Crippen LogP contribution in [0.25, 0.3) is 45.4 Å². The van der Waals surface area contributed by atoms with Gasteiger partial charge in [-0.15, -0.1) is 0 Å². The van der Waals surface area contributed by atoms with E-state index in [0.717, 1.165) is 19.3 Å². The molecule has 0 spiro atoms. The van der Waals surface area contributed by atoms with Crippen LogP contribution < -0.4 is 15.5 Å². The van der Waals surface area contributed by atoms with E-state index in [1.54, 1.807) is 0 Å². The summed E-state index contributed by atoms with van der Waals surface area (Å²) in [6.45, 7) is 0. The number of fused-ring (bicyclic) bond motifs is 6. The lowest BCUT2D eigenvalue weighted by molar-refractivity contribution is 0.673. The average Bonchev–Trinajstić information content (AvgIpc) is 3.61. The quantitative estimate of drug-likeness (QED) is 0.212. The van der Waals surface area contributed by atoms with Gasteiger partial charge in [0.25, 0.3) is 0 Å². The number of allylic oxidation sites excluding steroid dienone is 4. The Bertz CT molecular complexity index is 2140. The van der Waals surface area contributed by atoms with Gasteiger partial charge in [-0.1, -0.05) is 115 Å². The molecule has 5 aromatic rings. The Morgan fingerprint density at radius 2 is 1.34 bits per heavy atom. The van der Waals surface area contributed by atoms with Gasteiger partial charge in [0.05, 0.1) is 17.6 Å². The molecule has 2 heteroatoms. The van der Waals surface area contributed by atoms with Gasteiger partial charge in [-0.3, -0.25) is 0 Å². The molecule has 4 aliphatic rings. The Labute approximate surface area is 258 Å². The molecule has 1 aliphatic heterocycles. The lowest BCUT2D eigenvalue weighted by atomic mass is 9.84. The van der Waals surface area contributed by atoms with Gasteiger partial charge in [-0.2, -0.15) is 0 Å². The van der Waals surface area contributed by atoms with Crippen molar-refractivity contribution in [2.75, 3.05) is 4.90 Å². The van der Waals surface area contributed by atoms with Gasteiger partial charge < -0.3 is 9.47 Å². The largest absolute Gasteiger partial charge is 0.357 e. The maximum absolute atomic E-state index is 2.64. The number of para-hydroxylation sites is 1. The van der Waals surface area contributed by atoms with Crippen LogP contribution in [0.15, 0.2) is 145 Å². The second kappa shape index (κ2) is 10.3. The van der Waals surface area contributed by atoms with Crippen LogP contribution in [0.1, 0.15) is 24.8 Å². The van der Waals surface area contributed by atoms with Crippen molar-refractivity contribution in [1.29, 1.82) is 0 Å².